The molecule has 6 atom stereocenters. The zero-order valence-electron chi connectivity index (χ0n) is 20.0. The fraction of sp³-hybridized carbons (Fsp3) is 0.947. The minimum Gasteiger partial charge on any atom is -0.477 e. The van der Waals surface area contributed by atoms with Gasteiger partial charge in [-0.1, -0.05) is 6.82 Å². The Balaban J connectivity index is 2.58. The highest BCUT2D eigenvalue weighted by molar-refractivity contribution is 6.50. The van der Waals surface area contributed by atoms with Crippen LogP contribution < -0.4 is 5.23 Å². The minimum atomic E-state index is -2.22. The topological polar surface area (TPSA) is 176 Å². The van der Waals surface area contributed by atoms with Crippen molar-refractivity contribution in [1.82, 2.24) is 5.23 Å². The molecule has 1 aliphatic heterocycles. The molecule has 191 valence electrons. The van der Waals surface area contributed by atoms with Gasteiger partial charge in [0.15, 0.2) is 0 Å². The number of nitrogens with one attached hydrogen (secondary N) is 1. The van der Waals surface area contributed by atoms with Crippen LogP contribution in [0.15, 0.2) is 0 Å². The van der Waals surface area contributed by atoms with E-state index in [-0.39, 0.29) is 19.1 Å². The second-order valence-electron chi connectivity index (χ2n) is 8.72. The van der Waals surface area contributed by atoms with Crippen LogP contribution in [-0.2, 0) is 28.3 Å². The van der Waals surface area contributed by atoms with Crippen molar-refractivity contribution in [1.29, 1.82) is 0 Å². The average molecular weight is 478 g/mol. The van der Waals surface area contributed by atoms with Gasteiger partial charge in [0.25, 0.3) is 12.7 Å². The summed E-state index contributed by atoms with van der Waals surface area (Å²) < 4.78 is 26.9. The van der Waals surface area contributed by atoms with Gasteiger partial charge in [-0.25, -0.2) is 4.79 Å². The lowest BCUT2D eigenvalue weighted by Gasteiger charge is -2.46. The molecule has 0 bridgehead atoms. The van der Waals surface area contributed by atoms with Crippen molar-refractivity contribution in [3.63, 3.8) is 0 Å². The third kappa shape index (κ3) is 9.06. The summed E-state index contributed by atoms with van der Waals surface area (Å²) in [7, 11) is 3.94. The van der Waals surface area contributed by atoms with Crippen LogP contribution in [0, 0.1) is 0 Å². The van der Waals surface area contributed by atoms with E-state index in [2.05, 4.69) is 5.23 Å². The highest BCUT2D eigenvalue weighted by Gasteiger charge is 2.54. The van der Waals surface area contributed by atoms with E-state index in [4.69, 9.17) is 28.6 Å². The van der Waals surface area contributed by atoms with Crippen molar-refractivity contribution in [3.8, 4) is 0 Å². The van der Waals surface area contributed by atoms with Crippen LogP contribution in [0.1, 0.15) is 26.7 Å². The Bertz CT molecular complexity index is 588. The second kappa shape index (κ2) is 13.9. The molecule has 0 aromatic carbocycles. The maximum atomic E-state index is 11.7. The Morgan fingerprint density at radius 2 is 2.00 bits per heavy atom. The van der Waals surface area contributed by atoms with E-state index >= 15 is 0 Å². The number of methoxy groups -OCH3 is 2. The molecule has 1 radical (unpaired) electrons. The Labute approximate surface area is 195 Å². The second-order valence-corrected chi connectivity index (χ2v) is 8.72. The van der Waals surface area contributed by atoms with Crippen LogP contribution in [0.3, 0.4) is 0 Å². The summed E-state index contributed by atoms with van der Waals surface area (Å²) in [6, 6.07) is -1.05. The first-order valence-corrected chi connectivity index (χ1v) is 10.9. The van der Waals surface area contributed by atoms with Gasteiger partial charge in [-0.15, -0.1) is 0 Å². The predicted octanol–water partition coefficient (Wildman–Crippen LogP) is -1.76. The van der Waals surface area contributed by atoms with Crippen molar-refractivity contribution < 1.29 is 53.8 Å². The van der Waals surface area contributed by atoms with Gasteiger partial charge in [0, 0.05) is 33.9 Å². The summed E-state index contributed by atoms with van der Waals surface area (Å²) >= 11 is 0. The molecule has 2 unspecified atom stereocenters. The summed E-state index contributed by atoms with van der Waals surface area (Å²) in [5.41, 5.74) is -0.261. The molecule has 0 amide bonds. The van der Waals surface area contributed by atoms with E-state index in [1.807, 2.05) is 20.7 Å². The van der Waals surface area contributed by atoms with E-state index in [1.165, 1.54) is 7.62 Å². The first-order valence-electron chi connectivity index (χ1n) is 10.9. The summed E-state index contributed by atoms with van der Waals surface area (Å²) in [5, 5.41) is 52.1. The molecule has 33 heavy (non-hydrogen) atoms. The normalized spacial score (nSPS) is 27.7. The number of aliphatic hydroxyl groups excluding tert-OH is 4. The van der Waals surface area contributed by atoms with Crippen LogP contribution in [0.4, 0.5) is 0 Å². The molecule has 6 N–H and O–H groups in total. The molecule has 12 nitrogen and oxygen atoms in total. The Morgan fingerprint density at radius 3 is 2.55 bits per heavy atom. The number of ether oxygens (including phenoxy) is 3. The van der Waals surface area contributed by atoms with Crippen molar-refractivity contribution in [2.75, 3.05) is 34.0 Å². The van der Waals surface area contributed by atoms with Crippen molar-refractivity contribution >= 4 is 20.5 Å². The van der Waals surface area contributed by atoms with Crippen LogP contribution in [0.2, 0.25) is 13.1 Å². The number of carbonyl (C=O) groups is 1. The number of carboxylic acids is 1. The Morgan fingerprint density at radius 1 is 1.33 bits per heavy atom. The van der Waals surface area contributed by atoms with E-state index in [0.29, 0.717) is 12.9 Å². The standard InChI is InChI=1S/C19H38B2NO11/c1-18(2,29-4)6-8-32-21(3)7-9-31-20-22-14-12(24)10-19(30-5,17(27)28)33-16(14)15(26)13(25)11-23/h12-16,22-26H,6-11H2,1-5H3,(H,27,28)/t12-,13-,14?,15-,16?,19-/m1/s1. The van der Waals surface area contributed by atoms with Crippen LogP contribution in [-0.4, -0.2) is 122 Å². The van der Waals surface area contributed by atoms with Crippen LogP contribution in [0.25, 0.3) is 0 Å². The van der Waals surface area contributed by atoms with Gasteiger partial charge in [-0.3, -0.25) is 0 Å². The molecule has 0 aromatic rings. The molecule has 1 heterocycles. The van der Waals surface area contributed by atoms with Gasteiger partial charge in [-0.2, -0.15) is 0 Å². The molecule has 1 saturated heterocycles. The van der Waals surface area contributed by atoms with Crippen molar-refractivity contribution in [2.45, 2.75) is 81.7 Å². The van der Waals surface area contributed by atoms with Gasteiger partial charge in [-0.05, 0) is 26.6 Å². The summed E-state index contributed by atoms with van der Waals surface area (Å²) in [4.78, 5) is 11.7. The maximum Gasteiger partial charge on any atom is 0.396 e. The van der Waals surface area contributed by atoms with E-state index in [1.54, 1.807) is 7.11 Å². The largest absolute Gasteiger partial charge is 0.477 e. The van der Waals surface area contributed by atoms with Crippen LogP contribution in [0.5, 0.6) is 0 Å². The van der Waals surface area contributed by atoms with Crippen molar-refractivity contribution in [3.05, 3.63) is 0 Å². The zero-order chi connectivity index (χ0) is 25.2. The first kappa shape index (κ1) is 30.2. The molecule has 1 aliphatic rings. The minimum absolute atomic E-state index is 0.0678. The van der Waals surface area contributed by atoms with Crippen molar-refractivity contribution in [2.24, 2.45) is 0 Å². The highest BCUT2D eigenvalue weighted by atomic mass is 16.7. The fourth-order valence-electron chi connectivity index (χ4n) is 3.24. The van der Waals surface area contributed by atoms with Gasteiger partial charge >= 0.3 is 13.6 Å². The lowest BCUT2D eigenvalue weighted by atomic mass is 9.68. The summed E-state index contributed by atoms with van der Waals surface area (Å²) in [5.74, 6) is -3.72. The summed E-state index contributed by atoms with van der Waals surface area (Å²) in [6.45, 7) is 5.82. The number of rotatable bonds is 16. The smallest absolute Gasteiger partial charge is 0.396 e. The monoisotopic (exact) mass is 478 g/mol. The third-order valence-corrected chi connectivity index (χ3v) is 5.79. The van der Waals surface area contributed by atoms with Crippen LogP contribution >= 0.6 is 0 Å². The quantitative estimate of drug-likeness (QED) is 0.109. The maximum absolute atomic E-state index is 11.7. The number of aliphatic hydroxyl groups is 4. The molecule has 0 aliphatic carbocycles. The fourth-order valence-corrected chi connectivity index (χ4v) is 3.24. The molecule has 1 fully saturated rings. The number of carboxylic acid groups (broad SMARTS) is 1. The van der Waals surface area contributed by atoms with E-state index in [0.717, 1.165) is 13.5 Å². The number of aliphatic carboxylic acids is 1. The Hall–Kier alpha value is -0.800. The number of hydrogen-bond acceptors (Lipinski definition) is 11. The van der Waals surface area contributed by atoms with Gasteiger partial charge in [0.1, 0.15) is 18.3 Å². The molecular weight excluding hydrogens is 440 g/mol. The first-order chi connectivity index (χ1) is 15.4. The molecule has 1 rings (SSSR count). The lowest BCUT2D eigenvalue weighted by molar-refractivity contribution is -0.303. The molecular formula is C19H38B2NO11. The van der Waals surface area contributed by atoms with Gasteiger partial charge in [0.05, 0.1) is 24.4 Å². The lowest BCUT2D eigenvalue weighted by Crippen LogP contribution is -2.67. The number of hydrogen-bond donors (Lipinski definition) is 6. The highest BCUT2D eigenvalue weighted by Crippen LogP contribution is 2.32. The van der Waals surface area contributed by atoms with Gasteiger partial charge in [0.2, 0.25) is 0 Å². The molecule has 14 heteroatoms. The summed E-state index contributed by atoms with van der Waals surface area (Å²) in [6.07, 6.45) is -5.23. The molecule has 0 saturated carbocycles. The van der Waals surface area contributed by atoms with Gasteiger partial charge < -0.3 is 54.3 Å². The average Bonchev–Trinajstić information content (AvgIpc) is 2.77. The predicted molar refractivity (Wildman–Crippen MR) is 119 cm³/mol. The SMILES string of the molecule is COC(C)(C)CCOB(C)CCO[B]NC1C([C@H](O)[C@H](O)CO)O[C@@](OC)(C(=O)O)C[C@H]1O. The van der Waals surface area contributed by atoms with E-state index < -0.39 is 55.2 Å². The third-order valence-electron chi connectivity index (χ3n) is 5.79. The zero-order valence-corrected chi connectivity index (χ0v) is 20.0. The molecule has 0 spiro atoms. The Kier molecular flexibility index (Phi) is 12.8. The van der Waals surface area contributed by atoms with E-state index in [9.17, 15) is 25.2 Å². The molecule has 0 aromatic heterocycles.